The number of hydrogen-bond acceptors (Lipinski definition) is 3. The van der Waals surface area contributed by atoms with Gasteiger partial charge in [-0.3, -0.25) is 0 Å². The normalized spacial score (nSPS) is 10.6. The zero-order valence-corrected chi connectivity index (χ0v) is 11.5. The van der Waals surface area contributed by atoms with Crippen LogP contribution in [0, 0.1) is 12.7 Å². The minimum atomic E-state index is -0.256. The Balaban J connectivity index is 1.74. The van der Waals surface area contributed by atoms with E-state index in [1.165, 1.54) is 12.1 Å². The first-order valence-corrected chi connectivity index (χ1v) is 6.57. The number of ether oxygens (including phenoxy) is 1. The maximum atomic E-state index is 13.1. The molecule has 1 heterocycles. The van der Waals surface area contributed by atoms with Crippen molar-refractivity contribution in [2.24, 2.45) is 0 Å². The van der Waals surface area contributed by atoms with Crippen LogP contribution in [0.2, 0.25) is 0 Å². The Kier molecular flexibility index (Phi) is 3.64. The lowest BCUT2D eigenvalue weighted by Gasteiger charge is -2.10. The van der Waals surface area contributed by atoms with E-state index in [0.29, 0.717) is 6.61 Å². The van der Waals surface area contributed by atoms with Gasteiger partial charge < -0.3 is 9.72 Å². The van der Waals surface area contributed by atoms with Crippen molar-refractivity contribution in [3.05, 3.63) is 65.7 Å². The van der Waals surface area contributed by atoms with Gasteiger partial charge in [0, 0.05) is 5.56 Å². The molecule has 0 amide bonds. The predicted molar refractivity (Wildman–Crippen MR) is 77.3 cm³/mol. The van der Waals surface area contributed by atoms with Crippen LogP contribution in [0.4, 0.5) is 4.39 Å². The number of H-pyrrole nitrogens is 1. The number of aromatic nitrogens is 3. The molecule has 0 saturated carbocycles. The molecule has 106 valence electrons. The molecule has 0 bridgehead atoms. The van der Waals surface area contributed by atoms with E-state index in [1.54, 1.807) is 12.4 Å². The second kappa shape index (κ2) is 5.75. The third-order valence-corrected chi connectivity index (χ3v) is 3.15. The highest BCUT2D eigenvalue weighted by Crippen LogP contribution is 2.24. The van der Waals surface area contributed by atoms with Crippen LogP contribution in [0.5, 0.6) is 5.75 Å². The largest absolute Gasteiger partial charge is 0.489 e. The van der Waals surface area contributed by atoms with Gasteiger partial charge in [0.15, 0.2) is 5.82 Å². The number of aromatic amines is 1. The van der Waals surface area contributed by atoms with Gasteiger partial charge in [0.25, 0.3) is 0 Å². The molecule has 0 atom stereocenters. The molecule has 0 fully saturated rings. The fourth-order valence-corrected chi connectivity index (χ4v) is 2.09. The number of nitrogens with zero attached hydrogens (tertiary/aromatic N) is 2. The lowest BCUT2D eigenvalue weighted by molar-refractivity contribution is 0.303. The Labute approximate surface area is 121 Å². The van der Waals surface area contributed by atoms with Crippen LogP contribution in [-0.4, -0.2) is 15.2 Å². The number of hydrogen-bond donors (Lipinski definition) is 1. The lowest BCUT2D eigenvalue weighted by atomic mass is 10.1. The first-order chi connectivity index (χ1) is 10.2. The zero-order valence-electron chi connectivity index (χ0n) is 11.5. The summed E-state index contributed by atoms with van der Waals surface area (Å²) in [6.07, 6.45) is 1.54. The van der Waals surface area contributed by atoms with Crippen molar-refractivity contribution in [3.63, 3.8) is 0 Å². The van der Waals surface area contributed by atoms with Gasteiger partial charge in [-0.2, -0.15) is 0 Å². The highest BCUT2D eigenvalue weighted by Gasteiger charge is 2.06. The molecule has 0 radical (unpaired) electrons. The Bertz CT molecular complexity index is 741. The summed E-state index contributed by atoms with van der Waals surface area (Å²) in [5.41, 5.74) is 2.73. The van der Waals surface area contributed by atoms with Gasteiger partial charge in [-0.05, 0) is 48.4 Å². The molecular formula is C16H14FN3O. The molecule has 0 aliphatic rings. The maximum Gasteiger partial charge on any atom is 0.161 e. The number of aryl methyl sites for hydroxylation is 1. The molecule has 3 aromatic rings. The summed E-state index contributed by atoms with van der Waals surface area (Å²) in [4.78, 5) is 2.96. The molecule has 1 aromatic heterocycles. The van der Waals surface area contributed by atoms with E-state index < -0.39 is 0 Å². The molecule has 0 aliphatic heterocycles. The smallest absolute Gasteiger partial charge is 0.161 e. The van der Waals surface area contributed by atoms with Crippen molar-refractivity contribution in [3.8, 4) is 17.1 Å². The van der Waals surface area contributed by atoms with Crippen LogP contribution >= 0.6 is 0 Å². The van der Waals surface area contributed by atoms with Crippen LogP contribution in [0.25, 0.3) is 11.4 Å². The van der Waals surface area contributed by atoms with Gasteiger partial charge in [0.2, 0.25) is 0 Å². The van der Waals surface area contributed by atoms with Crippen molar-refractivity contribution in [2.45, 2.75) is 13.5 Å². The molecule has 3 rings (SSSR count). The lowest BCUT2D eigenvalue weighted by Crippen LogP contribution is -1.97. The van der Waals surface area contributed by atoms with Crippen LogP contribution < -0.4 is 4.74 Å². The second-order valence-corrected chi connectivity index (χ2v) is 4.74. The zero-order chi connectivity index (χ0) is 14.7. The van der Waals surface area contributed by atoms with Gasteiger partial charge in [-0.1, -0.05) is 12.1 Å². The fraction of sp³-hybridized carbons (Fsp3) is 0.125. The Morgan fingerprint density at radius 1 is 1.19 bits per heavy atom. The van der Waals surface area contributed by atoms with E-state index in [4.69, 9.17) is 4.74 Å². The van der Waals surface area contributed by atoms with Gasteiger partial charge in [-0.25, -0.2) is 4.39 Å². The van der Waals surface area contributed by atoms with E-state index in [9.17, 15) is 4.39 Å². The van der Waals surface area contributed by atoms with Crippen molar-refractivity contribution < 1.29 is 9.13 Å². The van der Waals surface area contributed by atoms with E-state index in [2.05, 4.69) is 15.2 Å². The summed E-state index contributed by atoms with van der Waals surface area (Å²) in [7, 11) is 0. The predicted octanol–water partition coefficient (Wildman–Crippen LogP) is 3.50. The molecule has 21 heavy (non-hydrogen) atoms. The van der Waals surface area contributed by atoms with Crippen molar-refractivity contribution in [1.29, 1.82) is 0 Å². The first-order valence-electron chi connectivity index (χ1n) is 6.57. The average Bonchev–Trinajstić information content (AvgIpc) is 3.00. The SMILES string of the molecule is Cc1cc(-c2nnc[nH]2)ccc1OCc1cccc(F)c1. The molecule has 5 heteroatoms. The number of rotatable bonds is 4. The second-order valence-electron chi connectivity index (χ2n) is 4.74. The van der Waals surface area contributed by atoms with E-state index >= 15 is 0 Å². The topological polar surface area (TPSA) is 50.8 Å². The van der Waals surface area contributed by atoms with E-state index in [0.717, 1.165) is 28.3 Å². The highest BCUT2D eigenvalue weighted by atomic mass is 19.1. The quantitative estimate of drug-likeness (QED) is 0.797. The van der Waals surface area contributed by atoms with Crippen LogP contribution in [0.1, 0.15) is 11.1 Å². The monoisotopic (exact) mass is 283 g/mol. The van der Waals surface area contributed by atoms with Crippen LogP contribution in [0.15, 0.2) is 48.8 Å². The summed E-state index contributed by atoms with van der Waals surface area (Å²) in [5.74, 6) is 1.23. The molecule has 0 unspecified atom stereocenters. The van der Waals surface area contributed by atoms with Gasteiger partial charge >= 0.3 is 0 Å². The van der Waals surface area contributed by atoms with Crippen LogP contribution in [-0.2, 0) is 6.61 Å². The molecular weight excluding hydrogens is 269 g/mol. The third kappa shape index (κ3) is 3.08. The summed E-state index contributed by atoms with van der Waals surface area (Å²) in [5, 5.41) is 7.74. The van der Waals surface area contributed by atoms with E-state index in [-0.39, 0.29) is 5.82 Å². The average molecular weight is 283 g/mol. The van der Waals surface area contributed by atoms with Crippen molar-refractivity contribution >= 4 is 0 Å². The maximum absolute atomic E-state index is 13.1. The van der Waals surface area contributed by atoms with Gasteiger partial charge in [-0.15, -0.1) is 10.2 Å². The van der Waals surface area contributed by atoms with Gasteiger partial charge in [0.05, 0.1) is 0 Å². The molecule has 4 nitrogen and oxygen atoms in total. The summed E-state index contributed by atoms with van der Waals surface area (Å²) >= 11 is 0. The Morgan fingerprint density at radius 3 is 2.81 bits per heavy atom. The minimum Gasteiger partial charge on any atom is -0.489 e. The summed E-state index contributed by atoms with van der Waals surface area (Å²) in [6.45, 7) is 2.29. The minimum absolute atomic E-state index is 0.256. The third-order valence-electron chi connectivity index (χ3n) is 3.15. The van der Waals surface area contributed by atoms with E-state index in [1.807, 2.05) is 31.2 Å². The first kappa shape index (κ1) is 13.3. The molecule has 0 saturated heterocycles. The summed E-state index contributed by atoms with van der Waals surface area (Å²) in [6, 6.07) is 12.2. The van der Waals surface area contributed by atoms with Crippen molar-refractivity contribution in [2.75, 3.05) is 0 Å². The van der Waals surface area contributed by atoms with Crippen LogP contribution in [0.3, 0.4) is 0 Å². The molecule has 0 aliphatic carbocycles. The molecule has 2 aromatic carbocycles. The van der Waals surface area contributed by atoms with Crippen molar-refractivity contribution in [1.82, 2.24) is 15.2 Å². The Morgan fingerprint density at radius 2 is 2.10 bits per heavy atom. The standard InChI is InChI=1S/C16H14FN3O/c1-11-7-13(16-18-10-19-20-16)5-6-15(11)21-9-12-3-2-4-14(17)8-12/h2-8,10H,9H2,1H3,(H,18,19,20). The highest BCUT2D eigenvalue weighted by molar-refractivity contribution is 5.58. The van der Waals surface area contributed by atoms with Gasteiger partial charge in [0.1, 0.15) is 24.5 Å². The summed E-state index contributed by atoms with van der Waals surface area (Å²) < 4.78 is 18.8. The molecule has 0 spiro atoms. The molecule has 1 N–H and O–H groups in total. The fourth-order valence-electron chi connectivity index (χ4n) is 2.09. The number of benzene rings is 2. The number of nitrogens with one attached hydrogen (secondary N) is 1. The Hall–Kier alpha value is -2.69. The number of halogens is 1.